The van der Waals surface area contributed by atoms with Gasteiger partial charge in [0, 0.05) is 31.2 Å². The van der Waals surface area contributed by atoms with Crippen LogP contribution in [-0.4, -0.2) is 39.4 Å². The highest BCUT2D eigenvalue weighted by Crippen LogP contribution is 2.25. The summed E-state index contributed by atoms with van der Waals surface area (Å²) < 4.78 is 29.4. The van der Waals surface area contributed by atoms with Crippen LogP contribution in [0.1, 0.15) is 11.1 Å². The molecule has 1 N–H and O–H groups in total. The molecule has 4 aromatic rings. The third-order valence-corrected chi connectivity index (χ3v) is 6.57. The fraction of sp³-hybridized carbons (Fsp3) is 0.292. The summed E-state index contributed by atoms with van der Waals surface area (Å²) in [6.45, 7) is 0.635. The molecule has 11 heteroatoms. The van der Waals surface area contributed by atoms with E-state index in [4.69, 9.17) is 9.47 Å². The van der Waals surface area contributed by atoms with E-state index < -0.39 is 17.1 Å². The third-order valence-electron chi connectivity index (χ3n) is 5.79. The maximum Gasteiger partial charge on any atom is 0.332 e. The van der Waals surface area contributed by atoms with E-state index in [0.29, 0.717) is 40.4 Å². The Bertz CT molecular complexity index is 1500. The van der Waals surface area contributed by atoms with Gasteiger partial charge in [0.05, 0.1) is 20.8 Å². The van der Waals surface area contributed by atoms with Crippen LogP contribution in [0.3, 0.4) is 0 Å². The SMILES string of the molecule is COc1cc(CCNc2nc3c(c(=O)n(C)c(=O)n3C)n2Cc2cc(F)ccc2Br)cc(OC)c1. The Hall–Kier alpha value is -3.60. The number of halogens is 2. The number of ether oxygens (including phenoxy) is 2. The van der Waals surface area contributed by atoms with Gasteiger partial charge in [-0.25, -0.2) is 9.18 Å². The molecule has 9 nitrogen and oxygen atoms in total. The van der Waals surface area contributed by atoms with Crippen molar-refractivity contribution in [3.05, 3.63) is 78.7 Å². The number of hydrogen-bond acceptors (Lipinski definition) is 6. The van der Waals surface area contributed by atoms with Crippen molar-refractivity contribution in [3.8, 4) is 11.5 Å². The van der Waals surface area contributed by atoms with Crippen molar-refractivity contribution in [1.29, 1.82) is 0 Å². The van der Waals surface area contributed by atoms with Crippen LogP contribution in [0, 0.1) is 5.82 Å². The summed E-state index contributed by atoms with van der Waals surface area (Å²) in [6, 6.07) is 9.98. The average molecular weight is 546 g/mol. The predicted molar refractivity (Wildman–Crippen MR) is 135 cm³/mol. The Morgan fingerprint density at radius 1 is 1.03 bits per heavy atom. The standard InChI is InChI=1S/C24H25BrFN5O4/c1-29-21-20(22(32)30(2)24(29)33)31(13-15-11-16(26)5-6-19(15)25)23(28-21)27-8-7-14-9-17(34-3)12-18(10-14)35-4/h5-6,9-12H,7-8,13H2,1-4H3,(H,27,28). The average Bonchev–Trinajstić information content (AvgIpc) is 3.21. The molecule has 2 heterocycles. The molecule has 4 rings (SSSR count). The van der Waals surface area contributed by atoms with Crippen LogP contribution in [0.15, 0.2) is 50.5 Å². The molecule has 184 valence electrons. The van der Waals surface area contributed by atoms with Gasteiger partial charge >= 0.3 is 5.69 Å². The van der Waals surface area contributed by atoms with Crippen molar-refractivity contribution in [2.75, 3.05) is 26.1 Å². The van der Waals surface area contributed by atoms with Gasteiger partial charge in [0.1, 0.15) is 17.3 Å². The lowest BCUT2D eigenvalue weighted by Crippen LogP contribution is -2.37. The highest BCUT2D eigenvalue weighted by molar-refractivity contribution is 9.10. The molecule has 2 aromatic carbocycles. The molecule has 0 aliphatic heterocycles. The third kappa shape index (κ3) is 4.81. The smallest absolute Gasteiger partial charge is 0.332 e. The number of aromatic nitrogens is 4. The van der Waals surface area contributed by atoms with Crippen LogP contribution in [0.2, 0.25) is 0 Å². The minimum Gasteiger partial charge on any atom is -0.497 e. The number of hydrogen-bond donors (Lipinski definition) is 1. The van der Waals surface area contributed by atoms with E-state index in [9.17, 15) is 14.0 Å². The molecule has 0 amide bonds. The number of imidazole rings is 1. The number of rotatable bonds is 8. The van der Waals surface area contributed by atoms with E-state index in [1.54, 1.807) is 38.0 Å². The summed E-state index contributed by atoms with van der Waals surface area (Å²) in [5.74, 6) is 1.36. The van der Waals surface area contributed by atoms with Crippen LogP contribution in [0.5, 0.6) is 11.5 Å². The summed E-state index contributed by atoms with van der Waals surface area (Å²) in [4.78, 5) is 30.1. The first-order chi connectivity index (χ1) is 16.7. The van der Waals surface area contributed by atoms with Crippen LogP contribution in [0.25, 0.3) is 11.2 Å². The molecule has 0 radical (unpaired) electrons. The summed E-state index contributed by atoms with van der Waals surface area (Å²) in [6.07, 6.45) is 0.608. The van der Waals surface area contributed by atoms with E-state index in [2.05, 4.69) is 26.2 Å². The van der Waals surface area contributed by atoms with Crippen molar-refractivity contribution in [3.63, 3.8) is 0 Å². The molecule has 0 aliphatic carbocycles. The molecule has 0 saturated carbocycles. The highest BCUT2D eigenvalue weighted by atomic mass is 79.9. The molecule has 2 aromatic heterocycles. The Morgan fingerprint density at radius 3 is 2.37 bits per heavy atom. The van der Waals surface area contributed by atoms with Crippen molar-refractivity contribution >= 4 is 33.0 Å². The van der Waals surface area contributed by atoms with Gasteiger partial charge in [0.25, 0.3) is 5.56 Å². The Labute approximate surface area is 208 Å². The lowest BCUT2D eigenvalue weighted by Gasteiger charge is -2.13. The van der Waals surface area contributed by atoms with Gasteiger partial charge in [-0.1, -0.05) is 15.9 Å². The molecular formula is C24H25BrFN5O4. The van der Waals surface area contributed by atoms with Gasteiger partial charge in [-0.3, -0.25) is 18.5 Å². The van der Waals surface area contributed by atoms with Gasteiger partial charge < -0.3 is 14.8 Å². The maximum atomic E-state index is 14.0. The Morgan fingerprint density at radius 2 is 1.71 bits per heavy atom. The predicted octanol–water partition coefficient (Wildman–Crippen LogP) is 3.06. The van der Waals surface area contributed by atoms with Gasteiger partial charge in [0.15, 0.2) is 11.2 Å². The fourth-order valence-corrected chi connectivity index (χ4v) is 4.27. The van der Waals surface area contributed by atoms with E-state index in [0.717, 1.165) is 10.1 Å². The molecule has 0 fully saturated rings. The molecule has 0 spiro atoms. The summed E-state index contributed by atoms with van der Waals surface area (Å²) >= 11 is 3.45. The first-order valence-corrected chi connectivity index (χ1v) is 11.6. The zero-order valence-corrected chi connectivity index (χ0v) is 21.3. The number of fused-ring (bicyclic) bond motifs is 1. The van der Waals surface area contributed by atoms with Crippen LogP contribution in [-0.2, 0) is 27.1 Å². The molecule has 35 heavy (non-hydrogen) atoms. The summed E-state index contributed by atoms with van der Waals surface area (Å²) in [5.41, 5.74) is 1.14. The number of nitrogens with zero attached hydrogens (tertiary/aromatic N) is 4. The van der Waals surface area contributed by atoms with Crippen LogP contribution >= 0.6 is 15.9 Å². The lowest BCUT2D eigenvalue weighted by molar-refractivity contribution is 0.393. The topological polar surface area (TPSA) is 92.3 Å². The van der Waals surface area contributed by atoms with Crippen molar-refractivity contribution in [1.82, 2.24) is 18.7 Å². The molecule has 0 bridgehead atoms. The zero-order chi connectivity index (χ0) is 25.3. The van der Waals surface area contributed by atoms with Crippen LogP contribution in [0.4, 0.5) is 10.3 Å². The minimum absolute atomic E-state index is 0.164. The maximum absolute atomic E-state index is 14.0. The van der Waals surface area contributed by atoms with Crippen molar-refractivity contribution in [2.45, 2.75) is 13.0 Å². The number of benzene rings is 2. The highest BCUT2D eigenvalue weighted by Gasteiger charge is 2.20. The molecule has 0 atom stereocenters. The fourth-order valence-electron chi connectivity index (χ4n) is 3.90. The minimum atomic E-state index is -0.478. The van der Waals surface area contributed by atoms with Crippen molar-refractivity contribution < 1.29 is 13.9 Å². The first kappa shape index (κ1) is 24.5. The molecular weight excluding hydrogens is 521 g/mol. The number of anilines is 1. The number of methoxy groups -OCH3 is 2. The second kappa shape index (κ2) is 9.95. The number of aryl methyl sites for hydroxylation is 1. The molecule has 0 saturated heterocycles. The van der Waals surface area contributed by atoms with Gasteiger partial charge in [-0.2, -0.15) is 4.98 Å². The monoisotopic (exact) mass is 545 g/mol. The van der Waals surface area contributed by atoms with Gasteiger partial charge in [-0.05, 0) is 47.9 Å². The normalized spacial score (nSPS) is 11.1. The van der Waals surface area contributed by atoms with E-state index in [-0.39, 0.29) is 17.7 Å². The second-order valence-electron chi connectivity index (χ2n) is 8.03. The zero-order valence-electron chi connectivity index (χ0n) is 19.8. The lowest BCUT2D eigenvalue weighted by atomic mass is 10.1. The molecule has 0 aliphatic rings. The van der Waals surface area contributed by atoms with E-state index >= 15 is 0 Å². The van der Waals surface area contributed by atoms with Crippen molar-refractivity contribution in [2.24, 2.45) is 14.1 Å². The quantitative estimate of drug-likeness (QED) is 0.366. The van der Waals surface area contributed by atoms with E-state index in [1.807, 2.05) is 12.1 Å². The Balaban J connectivity index is 1.74. The van der Waals surface area contributed by atoms with Crippen LogP contribution < -0.4 is 26.0 Å². The first-order valence-electron chi connectivity index (χ1n) is 10.8. The second-order valence-corrected chi connectivity index (χ2v) is 8.89. The van der Waals surface area contributed by atoms with Gasteiger partial charge in [0.2, 0.25) is 5.95 Å². The Kier molecular flexibility index (Phi) is 6.97. The van der Waals surface area contributed by atoms with E-state index in [1.165, 1.54) is 23.7 Å². The largest absolute Gasteiger partial charge is 0.497 e. The van der Waals surface area contributed by atoms with Gasteiger partial charge in [-0.15, -0.1) is 0 Å². The number of nitrogens with one attached hydrogen (secondary N) is 1. The summed E-state index contributed by atoms with van der Waals surface area (Å²) in [7, 11) is 6.16. The summed E-state index contributed by atoms with van der Waals surface area (Å²) in [5, 5.41) is 3.27. The molecule has 0 unspecified atom stereocenters.